The van der Waals surface area contributed by atoms with E-state index in [1.54, 1.807) is 7.05 Å². The number of alkyl halides is 9. The van der Waals surface area contributed by atoms with Gasteiger partial charge in [-0.15, -0.1) is 5.10 Å². The predicted molar refractivity (Wildman–Crippen MR) is 134 cm³/mol. The number of guanidine groups is 1. The highest BCUT2D eigenvalue weighted by Gasteiger charge is 2.37. The molecule has 0 fully saturated rings. The zero-order valence-electron chi connectivity index (χ0n) is 22.3. The van der Waals surface area contributed by atoms with E-state index in [1.165, 1.54) is 7.05 Å². The second-order valence-corrected chi connectivity index (χ2v) is 9.22. The number of hydrazone groups is 1. The number of nitrogens with two attached hydrogens (primary N) is 2. The van der Waals surface area contributed by atoms with E-state index in [9.17, 15) is 39.5 Å². The minimum absolute atomic E-state index is 0.0358. The molecule has 1 atom stereocenters. The molecular weight excluding hydrogens is 569 g/mol. The van der Waals surface area contributed by atoms with Gasteiger partial charge in [-0.05, 0) is 55.3 Å². The van der Waals surface area contributed by atoms with Crippen LogP contribution in [0.3, 0.4) is 0 Å². The van der Waals surface area contributed by atoms with Crippen LogP contribution in [-0.2, 0) is 31.6 Å². The highest BCUT2D eigenvalue weighted by molar-refractivity contribution is 5.77. The van der Waals surface area contributed by atoms with Crippen LogP contribution in [0.2, 0.25) is 0 Å². The molecule has 0 saturated heterocycles. The van der Waals surface area contributed by atoms with Crippen LogP contribution in [0.5, 0.6) is 0 Å². The number of hydrogen-bond donors (Lipinski definition) is 3. The normalized spacial score (nSPS) is 13.7. The Morgan fingerprint density at radius 1 is 0.951 bits per heavy atom. The molecule has 0 amide bonds. The van der Waals surface area contributed by atoms with E-state index in [0.717, 1.165) is 21.7 Å². The largest absolute Gasteiger partial charge is 0.417 e. The first kappa shape index (κ1) is 33.7. The Morgan fingerprint density at radius 3 is 1.93 bits per heavy atom. The van der Waals surface area contributed by atoms with Gasteiger partial charge >= 0.3 is 18.5 Å². The number of nitrogens with one attached hydrogen (secondary N) is 1. The van der Waals surface area contributed by atoms with Crippen molar-refractivity contribution in [1.29, 1.82) is 0 Å². The average Bonchev–Trinajstić information content (AvgIpc) is 2.84. The lowest BCUT2D eigenvalue weighted by atomic mass is 9.97. The molecule has 16 heteroatoms. The smallest absolute Gasteiger partial charge is 0.368 e. The summed E-state index contributed by atoms with van der Waals surface area (Å²) in [5, 5.41) is 7.43. The van der Waals surface area contributed by atoms with Crippen molar-refractivity contribution in [3.05, 3.63) is 76.1 Å². The summed E-state index contributed by atoms with van der Waals surface area (Å²) in [6.45, 7) is 4.52. The van der Waals surface area contributed by atoms with Gasteiger partial charge in [-0.25, -0.2) is 11.0 Å². The van der Waals surface area contributed by atoms with Crippen molar-refractivity contribution < 1.29 is 39.5 Å². The molecule has 0 radical (unpaired) electrons. The summed E-state index contributed by atoms with van der Waals surface area (Å²) in [6, 6.07) is 1.12. The van der Waals surface area contributed by atoms with E-state index in [0.29, 0.717) is 24.8 Å². The van der Waals surface area contributed by atoms with Crippen LogP contribution in [0.4, 0.5) is 39.5 Å². The molecule has 1 aromatic heterocycles. The van der Waals surface area contributed by atoms with Crippen LogP contribution in [0.1, 0.15) is 59.3 Å². The number of halogens is 9. The molecule has 5 N–H and O–H groups in total. The van der Waals surface area contributed by atoms with E-state index >= 15 is 0 Å². The van der Waals surface area contributed by atoms with Gasteiger partial charge in [-0.1, -0.05) is 19.1 Å². The highest BCUT2D eigenvalue weighted by atomic mass is 19.4. The van der Waals surface area contributed by atoms with Crippen molar-refractivity contribution in [3.8, 4) is 0 Å². The summed E-state index contributed by atoms with van der Waals surface area (Å²) in [7, 11) is 2.79. The Labute approximate surface area is 230 Å². The van der Waals surface area contributed by atoms with Gasteiger partial charge in [-0.2, -0.15) is 39.5 Å². The van der Waals surface area contributed by atoms with Gasteiger partial charge in [0.25, 0.3) is 0 Å². The van der Waals surface area contributed by atoms with Gasteiger partial charge in [0.1, 0.15) is 0 Å². The fraction of sp³-hybridized carbons (Fsp3) is 0.440. The lowest BCUT2D eigenvalue weighted by molar-refractivity contribution is -0.143. The molecule has 0 aliphatic heterocycles. The third kappa shape index (κ3) is 9.52. The first-order valence-electron chi connectivity index (χ1n) is 12.0. The van der Waals surface area contributed by atoms with Crippen LogP contribution in [0.25, 0.3) is 0 Å². The number of benzene rings is 1. The maximum Gasteiger partial charge on any atom is 0.417 e. The van der Waals surface area contributed by atoms with Crippen molar-refractivity contribution in [2.45, 2.75) is 57.4 Å². The van der Waals surface area contributed by atoms with Gasteiger partial charge < -0.3 is 16.0 Å². The predicted octanol–water partition coefficient (Wildman–Crippen LogP) is 5.79. The maximum atomic E-state index is 13.6. The van der Waals surface area contributed by atoms with Crippen LogP contribution in [-0.4, -0.2) is 35.1 Å². The molecule has 0 spiro atoms. The zero-order chi connectivity index (χ0) is 31.3. The van der Waals surface area contributed by atoms with E-state index in [-0.39, 0.29) is 23.7 Å². The molecular formula is C25H30F9N7. The second-order valence-electron chi connectivity index (χ2n) is 9.22. The van der Waals surface area contributed by atoms with Crippen molar-refractivity contribution in [3.63, 3.8) is 0 Å². The van der Waals surface area contributed by atoms with Crippen LogP contribution >= 0.6 is 0 Å². The Balaban J connectivity index is 2.71. The van der Waals surface area contributed by atoms with Crippen LogP contribution < -0.4 is 16.9 Å². The second kappa shape index (κ2) is 13.0. The van der Waals surface area contributed by atoms with E-state index in [1.807, 2.05) is 6.92 Å². The Bertz CT molecular complexity index is 1200. The highest BCUT2D eigenvalue weighted by Crippen LogP contribution is 2.37. The number of pyridine rings is 1. The van der Waals surface area contributed by atoms with E-state index < -0.39 is 65.9 Å². The van der Waals surface area contributed by atoms with E-state index in [2.05, 4.69) is 22.0 Å². The summed E-state index contributed by atoms with van der Waals surface area (Å²) in [6.07, 6.45) is -13.5. The standard InChI is InChI=1S/C25H30F9N7/c1-5-14(2)6-20(37-3)21-16(9-19(11-38-21)25(32,33)34)13-41(22(35)39-40(4)36)12-15-7-17(23(26,27)28)10-18(8-15)24(29,30)31/h7-11,20,37H,2,5-6,12-13,36H2,1,3-4H3,(H2,35,39). The van der Waals surface area contributed by atoms with Gasteiger partial charge in [0.2, 0.25) is 5.96 Å². The molecule has 2 rings (SSSR count). The Kier molecular flexibility index (Phi) is 10.7. The third-order valence-electron chi connectivity index (χ3n) is 5.97. The lowest BCUT2D eigenvalue weighted by Gasteiger charge is -2.28. The summed E-state index contributed by atoms with van der Waals surface area (Å²) < 4.78 is 121. The topological polar surface area (TPSA) is 95.8 Å². The minimum Gasteiger partial charge on any atom is -0.368 e. The first-order chi connectivity index (χ1) is 18.8. The number of hydrazine groups is 1. The van der Waals surface area contributed by atoms with Gasteiger partial charge in [0.15, 0.2) is 0 Å². The molecule has 0 saturated carbocycles. The summed E-state index contributed by atoms with van der Waals surface area (Å²) in [5.41, 5.74) is 2.10. The maximum absolute atomic E-state index is 13.6. The van der Waals surface area contributed by atoms with Crippen molar-refractivity contribution in [2.75, 3.05) is 14.1 Å². The molecule has 0 aliphatic rings. The summed E-state index contributed by atoms with van der Waals surface area (Å²) in [4.78, 5) is 5.01. The first-order valence-corrected chi connectivity index (χ1v) is 12.0. The van der Waals surface area contributed by atoms with Crippen molar-refractivity contribution in [1.82, 2.24) is 20.3 Å². The van der Waals surface area contributed by atoms with Gasteiger partial charge in [0.05, 0.1) is 28.4 Å². The fourth-order valence-corrected chi connectivity index (χ4v) is 3.86. The van der Waals surface area contributed by atoms with Crippen molar-refractivity contribution >= 4 is 5.96 Å². The molecule has 1 unspecified atom stereocenters. The number of nitrogens with zero attached hydrogens (tertiary/aromatic N) is 4. The fourth-order valence-electron chi connectivity index (χ4n) is 3.86. The molecule has 1 heterocycles. The summed E-state index contributed by atoms with van der Waals surface area (Å²) >= 11 is 0. The minimum atomic E-state index is -5.11. The van der Waals surface area contributed by atoms with Crippen LogP contribution in [0, 0.1) is 0 Å². The zero-order valence-corrected chi connectivity index (χ0v) is 22.3. The van der Waals surface area contributed by atoms with E-state index in [4.69, 9.17) is 11.6 Å². The lowest BCUT2D eigenvalue weighted by Crippen LogP contribution is -2.39. The van der Waals surface area contributed by atoms with Gasteiger partial charge in [0, 0.05) is 26.3 Å². The Morgan fingerprint density at radius 2 is 1.49 bits per heavy atom. The average molecular weight is 600 g/mol. The molecule has 7 nitrogen and oxygen atoms in total. The van der Waals surface area contributed by atoms with Crippen LogP contribution in [0.15, 0.2) is 47.7 Å². The number of hydrogen-bond acceptors (Lipinski definition) is 5. The molecule has 41 heavy (non-hydrogen) atoms. The molecule has 1 aromatic carbocycles. The van der Waals surface area contributed by atoms with Gasteiger partial charge in [-0.3, -0.25) is 4.98 Å². The Hall–Kier alpha value is -3.53. The molecule has 2 aromatic rings. The third-order valence-corrected chi connectivity index (χ3v) is 5.97. The van der Waals surface area contributed by atoms with Crippen molar-refractivity contribution in [2.24, 2.45) is 16.7 Å². The SMILES string of the molecule is C=C(CC)CC(NC)c1ncc(C(F)(F)F)cc1CN(Cc1cc(C(F)(F)F)cc(C(F)(F)F)c1)/C(N)=N/N(C)N. The molecule has 228 valence electrons. The monoisotopic (exact) mass is 599 g/mol. The number of rotatable bonds is 10. The molecule has 0 bridgehead atoms. The summed E-state index contributed by atoms with van der Waals surface area (Å²) in [5.74, 6) is 5.01. The quantitative estimate of drug-likeness (QED) is 0.0799. The molecule has 0 aliphatic carbocycles. The number of aromatic nitrogens is 1.